The van der Waals surface area contributed by atoms with Crippen LogP contribution >= 0.6 is 7.22 Å². The predicted molar refractivity (Wildman–Crippen MR) is 26.9 cm³/mol. The standard InChI is InChI=1S/C3H9F2P/c1-6(2,3,4)5/h1-3H3. The molecule has 0 atom stereocenters. The minimum atomic E-state index is -4.05. The van der Waals surface area contributed by atoms with Crippen molar-refractivity contribution in [3.63, 3.8) is 0 Å². The Balaban J connectivity index is 3.73. The second-order valence-corrected chi connectivity index (χ2v) is 7.26. The van der Waals surface area contributed by atoms with Gasteiger partial charge in [0.2, 0.25) is 0 Å². The van der Waals surface area contributed by atoms with Crippen LogP contribution in [0.5, 0.6) is 0 Å². The van der Waals surface area contributed by atoms with E-state index in [1.807, 2.05) is 0 Å². The van der Waals surface area contributed by atoms with E-state index in [0.29, 0.717) is 0 Å². The summed E-state index contributed by atoms with van der Waals surface area (Å²) in [4.78, 5) is 0. The van der Waals surface area contributed by atoms with Crippen LogP contribution in [0.2, 0.25) is 0 Å². The molecule has 0 saturated heterocycles. The zero-order valence-electron chi connectivity index (χ0n) is 4.20. The quantitative estimate of drug-likeness (QED) is 0.423. The number of hydrogen-bond donors (Lipinski definition) is 0. The van der Waals surface area contributed by atoms with Crippen molar-refractivity contribution in [2.75, 3.05) is 20.0 Å². The van der Waals surface area contributed by atoms with Crippen LogP contribution in [0.25, 0.3) is 0 Å². The van der Waals surface area contributed by atoms with E-state index in [4.69, 9.17) is 0 Å². The summed E-state index contributed by atoms with van der Waals surface area (Å²) >= 11 is 0. The van der Waals surface area contributed by atoms with Crippen molar-refractivity contribution in [3.05, 3.63) is 0 Å². The topological polar surface area (TPSA) is 0 Å². The molecule has 0 unspecified atom stereocenters. The minimum absolute atomic E-state index is 1.01. The van der Waals surface area contributed by atoms with Gasteiger partial charge >= 0.3 is 35.6 Å². The number of rotatable bonds is 0. The summed E-state index contributed by atoms with van der Waals surface area (Å²) in [7, 11) is -4.05. The Morgan fingerprint density at radius 3 is 1.00 bits per heavy atom. The first-order chi connectivity index (χ1) is 2.24. The molecule has 0 saturated carbocycles. The van der Waals surface area contributed by atoms with Gasteiger partial charge in [-0.15, -0.1) is 0 Å². The normalized spacial score (nSPS) is 19.2. The first kappa shape index (κ1) is 6.29. The molecule has 0 aliphatic carbocycles. The molecular weight excluding hydrogens is 105 g/mol. The molecule has 40 valence electrons. The van der Waals surface area contributed by atoms with E-state index in [1.165, 1.54) is 0 Å². The van der Waals surface area contributed by atoms with Gasteiger partial charge in [-0.05, 0) is 0 Å². The Bertz CT molecular complexity index is 42.0. The maximum absolute atomic E-state index is 11.8. The van der Waals surface area contributed by atoms with Gasteiger partial charge in [-0.25, -0.2) is 0 Å². The van der Waals surface area contributed by atoms with E-state index < -0.39 is 7.22 Å². The van der Waals surface area contributed by atoms with Gasteiger partial charge in [0, 0.05) is 0 Å². The summed E-state index contributed by atoms with van der Waals surface area (Å²) in [5.74, 6) is 0. The van der Waals surface area contributed by atoms with Gasteiger partial charge in [-0.3, -0.25) is 0 Å². The molecule has 0 radical (unpaired) electrons. The summed E-state index contributed by atoms with van der Waals surface area (Å²) in [6.45, 7) is 3.02. The summed E-state index contributed by atoms with van der Waals surface area (Å²) in [5, 5.41) is 0. The van der Waals surface area contributed by atoms with Crippen molar-refractivity contribution >= 4 is 7.22 Å². The third-order valence-corrected chi connectivity index (χ3v) is 0. The van der Waals surface area contributed by atoms with Crippen molar-refractivity contribution in [1.82, 2.24) is 0 Å². The van der Waals surface area contributed by atoms with Gasteiger partial charge in [0.1, 0.15) is 0 Å². The molecule has 0 aliphatic heterocycles. The van der Waals surface area contributed by atoms with E-state index >= 15 is 0 Å². The molecule has 0 heterocycles. The Morgan fingerprint density at radius 2 is 1.00 bits per heavy atom. The Hall–Kier alpha value is 0.290. The fourth-order valence-electron chi connectivity index (χ4n) is 0. The third-order valence-electron chi connectivity index (χ3n) is 0. The molecule has 0 fully saturated rings. The maximum atomic E-state index is 11.8. The SMILES string of the molecule is CP(C)(C)(F)F. The number of halogens is 2. The van der Waals surface area contributed by atoms with Gasteiger partial charge < -0.3 is 0 Å². The van der Waals surface area contributed by atoms with Crippen molar-refractivity contribution in [2.45, 2.75) is 0 Å². The van der Waals surface area contributed by atoms with E-state index in [0.717, 1.165) is 20.0 Å². The summed E-state index contributed by atoms with van der Waals surface area (Å²) in [5.41, 5.74) is 0. The second-order valence-electron chi connectivity index (χ2n) is 2.42. The second kappa shape index (κ2) is 0.919. The first-order valence-corrected chi connectivity index (χ1v) is 5.04. The molecule has 0 N–H and O–H groups in total. The molecule has 0 nitrogen and oxygen atoms in total. The van der Waals surface area contributed by atoms with Crippen LogP contribution in [0.1, 0.15) is 0 Å². The average molecular weight is 114 g/mol. The molecule has 0 aromatic rings. The van der Waals surface area contributed by atoms with Crippen molar-refractivity contribution in [3.8, 4) is 0 Å². The van der Waals surface area contributed by atoms with Crippen molar-refractivity contribution in [2.24, 2.45) is 0 Å². The van der Waals surface area contributed by atoms with E-state index in [2.05, 4.69) is 0 Å². The summed E-state index contributed by atoms with van der Waals surface area (Å²) in [6.07, 6.45) is 0. The summed E-state index contributed by atoms with van der Waals surface area (Å²) in [6, 6.07) is 0. The molecule has 0 aliphatic rings. The Kier molecular flexibility index (Phi) is 0.964. The van der Waals surface area contributed by atoms with E-state index in [1.54, 1.807) is 0 Å². The molecule has 3 heteroatoms. The monoisotopic (exact) mass is 114 g/mol. The van der Waals surface area contributed by atoms with Crippen LogP contribution in [0.3, 0.4) is 0 Å². The molecule has 0 bridgehead atoms. The van der Waals surface area contributed by atoms with Crippen molar-refractivity contribution < 1.29 is 8.39 Å². The molecule has 0 rings (SSSR count). The van der Waals surface area contributed by atoms with Gasteiger partial charge in [0.15, 0.2) is 0 Å². The molecule has 0 aromatic carbocycles. The third kappa shape index (κ3) is 552. The van der Waals surface area contributed by atoms with Crippen LogP contribution in [-0.2, 0) is 0 Å². The van der Waals surface area contributed by atoms with Crippen molar-refractivity contribution in [1.29, 1.82) is 0 Å². The van der Waals surface area contributed by atoms with Crippen LogP contribution in [0, 0.1) is 0 Å². The first-order valence-electron chi connectivity index (χ1n) is 1.68. The van der Waals surface area contributed by atoms with Crippen LogP contribution in [0.4, 0.5) is 8.39 Å². The fraction of sp³-hybridized carbons (Fsp3) is 1.00. The zero-order chi connectivity index (χ0) is 5.45. The van der Waals surface area contributed by atoms with Crippen LogP contribution in [0.15, 0.2) is 0 Å². The molecule has 0 amide bonds. The molecular formula is C3H9F2P. The molecule has 0 spiro atoms. The Labute approximate surface area is 36.7 Å². The zero-order valence-corrected chi connectivity index (χ0v) is 5.10. The van der Waals surface area contributed by atoms with Gasteiger partial charge in [0.25, 0.3) is 0 Å². The predicted octanol–water partition coefficient (Wildman–Crippen LogP) is 2.20. The summed E-state index contributed by atoms with van der Waals surface area (Å²) < 4.78 is 23.7. The van der Waals surface area contributed by atoms with Crippen LogP contribution in [-0.4, -0.2) is 20.0 Å². The van der Waals surface area contributed by atoms with Gasteiger partial charge in [0.05, 0.1) is 0 Å². The number of hydrogen-bond acceptors (Lipinski definition) is 0. The van der Waals surface area contributed by atoms with E-state index in [9.17, 15) is 8.39 Å². The van der Waals surface area contributed by atoms with Gasteiger partial charge in [-0.2, -0.15) is 0 Å². The molecule has 0 aromatic heterocycles. The van der Waals surface area contributed by atoms with E-state index in [-0.39, 0.29) is 0 Å². The Morgan fingerprint density at radius 1 is 1.00 bits per heavy atom. The average Bonchev–Trinajstić information content (AvgIpc) is 0.650. The van der Waals surface area contributed by atoms with Gasteiger partial charge in [-0.1, -0.05) is 0 Å². The molecule has 6 heavy (non-hydrogen) atoms. The van der Waals surface area contributed by atoms with Crippen LogP contribution < -0.4 is 0 Å². The fourth-order valence-corrected chi connectivity index (χ4v) is 0.